The normalized spacial score (nSPS) is 14.2. The van der Waals surface area contributed by atoms with Gasteiger partial charge in [-0.3, -0.25) is 20.0 Å². The maximum atomic E-state index is 13.6. The number of ether oxygens (including phenoxy) is 3. The summed E-state index contributed by atoms with van der Waals surface area (Å²) in [6.45, 7) is -0.149. The quantitative estimate of drug-likeness (QED) is 0.162. The Bertz CT molecular complexity index is 1480. The van der Waals surface area contributed by atoms with Crippen LogP contribution in [0.15, 0.2) is 52.2 Å². The fourth-order valence-corrected chi connectivity index (χ4v) is 6.07. The molecule has 0 aromatic heterocycles. The van der Waals surface area contributed by atoms with Crippen LogP contribution in [0.4, 0.5) is 0 Å². The average Bonchev–Trinajstić information content (AvgIpc) is 3.19. The molecule has 1 amide bonds. The Balaban J connectivity index is 1.85. The van der Waals surface area contributed by atoms with E-state index in [4.69, 9.17) is 29.5 Å². The van der Waals surface area contributed by atoms with E-state index in [9.17, 15) is 9.59 Å². The molecule has 3 N–H and O–H groups in total. The summed E-state index contributed by atoms with van der Waals surface area (Å²) in [5.41, 5.74) is 3.95. The van der Waals surface area contributed by atoms with Gasteiger partial charge in [-0.05, 0) is 88.2 Å². The van der Waals surface area contributed by atoms with Gasteiger partial charge in [0, 0.05) is 9.13 Å². The van der Waals surface area contributed by atoms with Crippen molar-refractivity contribution in [1.82, 2.24) is 10.7 Å². The molecule has 0 fully saturated rings. The fraction of sp³-hybridized carbons (Fsp3) is 0.286. The summed E-state index contributed by atoms with van der Waals surface area (Å²) < 4.78 is 17.7. The summed E-state index contributed by atoms with van der Waals surface area (Å²) in [6.07, 6.45) is 2.91. The zero-order chi connectivity index (χ0) is 29.0. The molecule has 0 heterocycles. The molecule has 40 heavy (non-hydrogen) atoms. The van der Waals surface area contributed by atoms with Gasteiger partial charge in [-0.1, -0.05) is 18.2 Å². The van der Waals surface area contributed by atoms with E-state index in [-0.39, 0.29) is 23.3 Å². The van der Waals surface area contributed by atoms with Gasteiger partial charge in [0.2, 0.25) is 5.75 Å². The highest BCUT2D eigenvalue weighted by molar-refractivity contribution is 14.1. The van der Waals surface area contributed by atoms with Gasteiger partial charge in [0.25, 0.3) is 5.91 Å². The fourth-order valence-electron chi connectivity index (χ4n) is 4.85. The Labute approximate surface area is 249 Å². The zero-order valence-corrected chi connectivity index (χ0v) is 25.3. The van der Waals surface area contributed by atoms with Crippen LogP contribution >= 0.6 is 34.4 Å². The predicted molar refractivity (Wildman–Crippen MR) is 157 cm³/mol. The molecule has 1 aliphatic rings. The maximum Gasteiger partial charge on any atom is 0.252 e. The first-order chi connectivity index (χ1) is 19.2. The van der Waals surface area contributed by atoms with Crippen molar-refractivity contribution < 1.29 is 34.3 Å². The van der Waals surface area contributed by atoms with Crippen molar-refractivity contribution in [3.05, 3.63) is 78.5 Å². The minimum Gasteiger partial charge on any atom is -0.493 e. The lowest BCUT2D eigenvalue weighted by molar-refractivity contribution is -0.497. The molecule has 0 saturated carbocycles. The smallest absolute Gasteiger partial charge is 0.252 e. The second-order valence-corrected chi connectivity index (χ2v) is 10.8. The molecule has 3 aromatic rings. The van der Waals surface area contributed by atoms with Crippen LogP contribution in [-0.4, -0.2) is 49.3 Å². The third-order valence-electron chi connectivity index (χ3n) is 6.68. The van der Waals surface area contributed by atoms with Gasteiger partial charge in [0.05, 0.1) is 49.8 Å². The first-order valence-corrected chi connectivity index (χ1v) is 14.5. The number of thioether (sulfide) groups is 1. The standard InChI is InChI=1S/C28H29IN2O8S/c1-36-22-12-15-8-10-20(30-28(33)18-7-5-6-16(25(18)29)14-39-31(34)35)19-13-21(32)23(40-4)11-9-17(19)24(15)27(38-3)26(22)37-2/h5-7,9,11-13,20,34-35H,8,10,14H2,1-4H3,(H,30,33)/t20-/m0/s1. The van der Waals surface area contributed by atoms with Crippen molar-refractivity contribution in [1.29, 1.82) is 0 Å². The van der Waals surface area contributed by atoms with Gasteiger partial charge in [0.1, 0.15) is 0 Å². The summed E-state index contributed by atoms with van der Waals surface area (Å²) in [5, 5.41) is 20.6. The number of amides is 1. The number of carbonyl (C=O) groups is 1. The lowest BCUT2D eigenvalue weighted by Gasteiger charge is -2.20. The second-order valence-electron chi connectivity index (χ2n) is 8.83. The van der Waals surface area contributed by atoms with E-state index in [1.54, 1.807) is 51.7 Å². The van der Waals surface area contributed by atoms with Crippen molar-refractivity contribution in [3.8, 4) is 28.4 Å². The molecule has 0 unspecified atom stereocenters. The monoisotopic (exact) mass is 680 g/mol. The van der Waals surface area contributed by atoms with Crippen molar-refractivity contribution >= 4 is 40.3 Å². The Morgan fingerprint density at radius 2 is 1.85 bits per heavy atom. The maximum absolute atomic E-state index is 13.6. The van der Waals surface area contributed by atoms with E-state index in [1.807, 2.05) is 41.0 Å². The Morgan fingerprint density at radius 3 is 2.50 bits per heavy atom. The molecule has 0 radical (unpaired) electrons. The molecule has 0 saturated heterocycles. The number of hydrogen-bond acceptors (Lipinski definition) is 10. The summed E-state index contributed by atoms with van der Waals surface area (Å²) in [5.74, 6) is 1.10. The average molecular weight is 681 g/mol. The molecule has 3 aromatic carbocycles. The first-order valence-electron chi connectivity index (χ1n) is 12.2. The number of methoxy groups -OCH3 is 3. The molecule has 1 atom stereocenters. The third kappa shape index (κ3) is 6.06. The Morgan fingerprint density at radius 1 is 1.10 bits per heavy atom. The molecule has 0 spiro atoms. The molecule has 4 rings (SSSR count). The largest absolute Gasteiger partial charge is 0.493 e. The molecular formula is C28H29IN2O8S. The molecule has 1 aliphatic carbocycles. The summed E-state index contributed by atoms with van der Waals surface area (Å²) in [7, 11) is 4.66. The van der Waals surface area contributed by atoms with Crippen molar-refractivity contribution in [2.75, 3.05) is 27.6 Å². The number of halogens is 1. The van der Waals surface area contributed by atoms with Gasteiger partial charge < -0.3 is 19.5 Å². The van der Waals surface area contributed by atoms with E-state index < -0.39 is 6.04 Å². The molecule has 12 heteroatoms. The highest BCUT2D eigenvalue weighted by Crippen LogP contribution is 2.50. The summed E-state index contributed by atoms with van der Waals surface area (Å²) in [6, 6.07) is 11.7. The lowest BCUT2D eigenvalue weighted by Crippen LogP contribution is -2.30. The molecular weight excluding hydrogens is 651 g/mol. The van der Waals surface area contributed by atoms with Crippen LogP contribution in [0.25, 0.3) is 11.1 Å². The van der Waals surface area contributed by atoms with E-state index in [0.717, 1.165) is 16.7 Å². The van der Waals surface area contributed by atoms with E-state index in [2.05, 4.69) is 5.32 Å². The second kappa shape index (κ2) is 13.2. The SMILES string of the molecule is COc1cc2c(c(OC)c1OC)-c1ccc(SC)c(=O)cc1[C@@H](NC(=O)c1cccc(CON(O)O)c1I)CC2. The third-order valence-corrected chi connectivity index (χ3v) is 8.74. The number of rotatable bonds is 9. The number of nitrogens with zero attached hydrogens (tertiary/aromatic N) is 1. The minimum atomic E-state index is -0.507. The Kier molecular flexibility index (Phi) is 9.92. The van der Waals surface area contributed by atoms with Crippen LogP contribution in [0.1, 0.15) is 39.5 Å². The minimum absolute atomic E-state index is 0.149. The van der Waals surface area contributed by atoms with Crippen LogP contribution < -0.4 is 25.0 Å². The zero-order valence-electron chi connectivity index (χ0n) is 22.3. The number of nitrogens with one attached hydrogen (secondary N) is 1. The highest BCUT2D eigenvalue weighted by Gasteiger charge is 2.30. The van der Waals surface area contributed by atoms with Gasteiger partial charge in [-0.25, -0.2) is 4.84 Å². The van der Waals surface area contributed by atoms with E-state index >= 15 is 0 Å². The summed E-state index contributed by atoms with van der Waals surface area (Å²) >= 11 is 3.38. The molecule has 10 nitrogen and oxygen atoms in total. The van der Waals surface area contributed by atoms with Crippen LogP contribution in [0.3, 0.4) is 0 Å². The van der Waals surface area contributed by atoms with Gasteiger partial charge in [0.15, 0.2) is 16.9 Å². The number of hydrogen-bond donors (Lipinski definition) is 3. The van der Waals surface area contributed by atoms with Gasteiger partial charge >= 0.3 is 0 Å². The highest BCUT2D eigenvalue weighted by atomic mass is 127. The first kappa shape index (κ1) is 30.1. The van der Waals surface area contributed by atoms with Crippen LogP contribution in [0, 0.1) is 3.57 Å². The molecule has 212 valence electrons. The van der Waals surface area contributed by atoms with Crippen LogP contribution in [0.5, 0.6) is 17.2 Å². The van der Waals surface area contributed by atoms with Crippen LogP contribution in [0.2, 0.25) is 0 Å². The van der Waals surface area contributed by atoms with Gasteiger partial charge in [-0.2, -0.15) is 0 Å². The molecule has 0 bridgehead atoms. The number of benzene rings is 2. The van der Waals surface area contributed by atoms with E-state index in [0.29, 0.717) is 55.2 Å². The topological polar surface area (TPSA) is 127 Å². The number of carbonyl (C=O) groups excluding carboxylic acids is 1. The predicted octanol–water partition coefficient (Wildman–Crippen LogP) is 5.00. The lowest BCUT2D eigenvalue weighted by atomic mass is 9.95. The van der Waals surface area contributed by atoms with E-state index in [1.165, 1.54) is 11.8 Å². The summed E-state index contributed by atoms with van der Waals surface area (Å²) in [4.78, 5) is 32.1. The van der Waals surface area contributed by atoms with Gasteiger partial charge in [-0.15, -0.1) is 11.8 Å². The van der Waals surface area contributed by atoms with Crippen molar-refractivity contribution in [3.63, 3.8) is 0 Å². The number of fused-ring (bicyclic) bond motifs is 3. The van der Waals surface area contributed by atoms with Crippen molar-refractivity contribution in [2.45, 2.75) is 30.4 Å². The van der Waals surface area contributed by atoms with Crippen molar-refractivity contribution in [2.24, 2.45) is 0 Å². The van der Waals surface area contributed by atoms with Crippen LogP contribution in [-0.2, 0) is 17.9 Å². The molecule has 0 aliphatic heterocycles. The Hall–Kier alpha value is -2.88. The number of aryl methyl sites for hydroxylation is 1.